The molecule has 1 heterocycles. The van der Waals surface area contributed by atoms with E-state index in [1.807, 2.05) is 18.3 Å². The molecule has 90 valence electrons. The maximum absolute atomic E-state index is 4.34. The summed E-state index contributed by atoms with van der Waals surface area (Å²) < 4.78 is 0. The van der Waals surface area contributed by atoms with Crippen molar-refractivity contribution < 1.29 is 0 Å². The second-order valence-electron chi connectivity index (χ2n) is 5.59. The number of hydrogen-bond donors (Lipinski definition) is 1. The molecule has 0 spiro atoms. The molecule has 0 aliphatic heterocycles. The van der Waals surface area contributed by atoms with Crippen LogP contribution in [0.5, 0.6) is 0 Å². The topological polar surface area (TPSA) is 24.9 Å². The number of hydrogen-bond acceptors (Lipinski definition) is 2. The van der Waals surface area contributed by atoms with Gasteiger partial charge in [0.1, 0.15) is 0 Å². The minimum Gasteiger partial charge on any atom is -0.309 e. The highest BCUT2D eigenvalue weighted by Gasteiger charge is 2.10. The minimum atomic E-state index is 0.348. The standard InChI is InChI=1S/C14H24N2/c1-12(13-8-5-6-10-16-13)15-11-7-9-14(2,3)4/h5-6,8,10,12,15H,7,9,11H2,1-4H3. The summed E-state index contributed by atoms with van der Waals surface area (Å²) in [6.07, 6.45) is 4.33. The maximum atomic E-state index is 4.34. The van der Waals surface area contributed by atoms with Crippen LogP contribution in [0.25, 0.3) is 0 Å². The maximum Gasteiger partial charge on any atom is 0.0570 e. The van der Waals surface area contributed by atoms with Crippen LogP contribution in [-0.4, -0.2) is 11.5 Å². The molecule has 0 saturated heterocycles. The lowest BCUT2D eigenvalue weighted by molar-refractivity contribution is 0.356. The molecule has 0 fully saturated rings. The van der Waals surface area contributed by atoms with Crippen LogP contribution >= 0.6 is 0 Å². The van der Waals surface area contributed by atoms with Gasteiger partial charge in [-0.15, -0.1) is 0 Å². The molecule has 0 bridgehead atoms. The van der Waals surface area contributed by atoms with E-state index in [-0.39, 0.29) is 0 Å². The van der Waals surface area contributed by atoms with Crippen LogP contribution in [0.3, 0.4) is 0 Å². The smallest absolute Gasteiger partial charge is 0.0570 e. The average molecular weight is 220 g/mol. The molecule has 1 unspecified atom stereocenters. The Morgan fingerprint density at radius 3 is 2.62 bits per heavy atom. The first-order valence-electron chi connectivity index (χ1n) is 6.13. The third kappa shape index (κ3) is 5.26. The second kappa shape index (κ2) is 6.00. The van der Waals surface area contributed by atoms with Crippen LogP contribution in [0.15, 0.2) is 24.4 Å². The zero-order chi connectivity index (χ0) is 12.0. The predicted molar refractivity (Wildman–Crippen MR) is 69.3 cm³/mol. The first kappa shape index (κ1) is 13.2. The molecular formula is C14H24N2. The number of aromatic nitrogens is 1. The zero-order valence-electron chi connectivity index (χ0n) is 11.0. The van der Waals surface area contributed by atoms with Gasteiger partial charge in [0.15, 0.2) is 0 Å². The van der Waals surface area contributed by atoms with Crippen molar-refractivity contribution in [2.24, 2.45) is 5.41 Å². The summed E-state index contributed by atoms with van der Waals surface area (Å²) in [7, 11) is 0. The zero-order valence-corrected chi connectivity index (χ0v) is 11.0. The highest BCUT2D eigenvalue weighted by atomic mass is 14.9. The Kier molecular flexibility index (Phi) is 4.94. The molecule has 1 aromatic rings. The third-order valence-corrected chi connectivity index (χ3v) is 2.69. The molecule has 1 N–H and O–H groups in total. The molecule has 0 aromatic carbocycles. The minimum absolute atomic E-state index is 0.348. The van der Waals surface area contributed by atoms with Crippen LogP contribution < -0.4 is 5.32 Å². The molecule has 1 aromatic heterocycles. The average Bonchev–Trinajstić information content (AvgIpc) is 2.24. The van der Waals surface area contributed by atoms with Gasteiger partial charge in [-0.3, -0.25) is 4.98 Å². The molecule has 16 heavy (non-hydrogen) atoms. The van der Waals surface area contributed by atoms with Crippen molar-refractivity contribution in [1.82, 2.24) is 10.3 Å². The van der Waals surface area contributed by atoms with Gasteiger partial charge in [-0.25, -0.2) is 0 Å². The SMILES string of the molecule is CC(NCCCC(C)(C)C)c1ccccn1. The molecule has 0 radical (unpaired) electrons. The van der Waals surface area contributed by atoms with Gasteiger partial charge in [-0.1, -0.05) is 26.8 Å². The Bertz CT molecular complexity index is 287. The van der Waals surface area contributed by atoms with E-state index in [4.69, 9.17) is 0 Å². The first-order chi connectivity index (χ1) is 7.49. The molecule has 2 nitrogen and oxygen atoms in total. The molecule has 0 aliphatic carbocycles. The van der Waals surface area contributed by atoms with E-state index in [0.717, 1.165) is 12.2 Å². The summed E-state index contributed by atoms with van der Waals surface area (Å²) in [5, 5.41) is 3.51. The molecule has 0 amide bonds. The lowest BCUT2D eigenvalue weighted by Crippen LogP contribution is -2.21. The van der Waals surface area contributed by atoms with Crippen molar-refractivity contribution in [1.29, 1.82) is 0 Å². The quantitative estimate of drug-likeness (QED) is 0.767. The van der Waals surface area contributed by atoms with E-state index in [0.29, 0.717) is 11.5 Å². The van der Waals surface area contributed by atoms with Crippen molar-refractivity contribution >= 4 is 0 Å². The van der Waals surface area contributed by atoms with E-state index in [9.17, 15) is 0 Å². The molecule has 2 heteroatoms. The van der Waals surface area contributed by atoms with E-state index < -0.39 is 0 Å². The summed E-state index contributed by atoms with van der Waals surface area (Å²) in [6, 6.07) is 6.41. The molecule has 1 atom stereocenters. The van der Waals surface area contributed by atoms with Gasteiger partial charge < -0.3 is 5.32 Å². The van der Waals surface area contributed by atoms with Gasteiger partial charge in [0.25, 0.3) is 0 Å². The highest BCUT2D eigenvalue weighted by Crippen LogP contribution is 2.20. The van der Waals surface area contributed by atoms with Gasteiger partial charge in [-0.2, -0.15) is 0 Å². The van der Waals surface area contributed by atoms with Gasteiger partial charge in [0.2, 0.25) is 0 Å². The van der Waals surface area contributed by atoms with E-state index in [2.05, 4.69) is 44.1 Å². The van der Waals surface area contributed by atoms with Crippen molar-refractivity contribution in [2.75, 3.05) is 6.54 Å². The fourth-order valence-corrected chi connectivity index (χ4v) is 1.67. The van der Waals surface area contributed by atoms with Gasteiger partial charge >= 0.3 is 0 Å². The van der Waals surface area contributed by atoms with E-state index in [1.54, 1.807) is 0 Å². The third-order valence-electron chi connectivity index (χ3n) is 2.69. The van der Waals surface area contributed by atoms with Crippen LogP contribution in [0.4, 0.5) is 0 Å². The number of rotatable bonds is 5. The largest absolute Gasteiger partial charge is 0.309 e. The second-order valence-corrected chi connectivity index (χ2v) is 5.59. The molecule has 0 aliphatic rings. The lowest BCUT2D eigenvalue weighted by atomic mass is 9.90. The number of nitrogens with zero attached hydrogens (tertiary/aromatic N) is 1. The van der Waals surface area contributed by atoms with Crippen LogP contribution in [-0.2, 0) is 0 Å². The number of pyridine rings is 1. The van der Waals surface area contributed by atoms with Crippen molar-refractivity contribution in [2.45, 2.75) is 46.6 Å². The Morgan fingerprint density at radius 1 is 1.31 bits per heavy atom. The predicted octanol–water partition coefficient (Wildman–Crippen LogP) is 3.56. The first-order valence-corrected chi connectivity index (χ1v) is 6.13. The summed E-state index contributed by atoms with van der Waals surface area (Å²) in [6.45, 7) is 10.1. The fourth-order valence-electron chi connectivity index (χ4n) is 1.67. The molecule has 1 rings (SSSR count). The monoisotopic (exact) mass is 220 g/mol. The van der Waals surface area contributed by atoms with Crippen molar-refractivity contribution in [3.05, 3.63) is 30.1 Å². The van der Waals surface area contributed by atoms with Crippen molar-refractivity contribution in [3.8, 4) is 0 Å². The van der Waals surface area contributed by atoms with Gasteiger partial charge in [0, 0.05) is 12.2 Å². The summed E-state index contributed by atoms with van der Waals surface area (Å²) in [5.41, 5.74) is 1.56. The Labute approximate surface area is 99.5 Å². The van der Waals surface area contributed by atoms with E-state index in [1.165, 1.54) is 12.8 Å². The summed E-state index contributed by atoms with van der Waals surface area (Å²) in [5.74, 6) is 0. The van der Waals surface area contributed by atoms with Crippen LogP contribution in [0.2, 0.25) is 0 Å². The summed E-state index contributed by atoms with van der Waals surface area (Å²) in [4.78, 5) is 4.34. The summed E-state index contributed by atoms with van der Waals surface area (Å²) >= 11 is 0. The van der Waals surface area contributed by atoms with Crippen LogP contribution in [0, 0.1) is 5.41 Å². The van der Waals surface area contributed by atoms with Gasteiger partial charge in [-0.05, 0) is 43.9 Å². The lowest BCUT2D eigenvalue weighted by Gasteiger charge is -2.19. The molecule has 0 saturated carbocycles. The Balaban J connectivity index is 2.24. The van der Waals surface area contributed by atoms with Crippen molar-refractivity contribution in [3.63, 3.8) is 0 Å². The van der Waals surface area contributed by atoms with E-state index >= 15 is 0 Å². The Morgan fingerprint density at radius 2 is 2.06 bits per heavy atom. The van der Waals surface area contributed by atoms with Crippen LogP contribution in [0.1, 0.15) is 52.3 Å². The normalized spacial score (nSPS) is 13.8. The molecular weight excluding hydrogens is 196 g/mol. The highest BCUT2D eigenvalue weighted by molar-refractivity contribution is 5.07. The van der Waals surface area contributed by atoms with Gasteiger partial charge in [0.05, 0.1) is 5.69 Å². The Hall–Kier alpha value is -0.890. The number of nitrogens with one attached hydrogen (secondary N) is 1. The fraction of sp³-hybridized carbons (Fsp3) is 0.643.